The molecule has 0 saturated carbocycles. The minimum atomic E-state index is -3.94. The van der Waals surface area contributed by atoms with E-state index in [4.69, 9.17) is 4.55 Å². The predicted molar refractivity (Wildman–Crippen MR) is 42.7 cm³/mol. The number of hydrogen-bond donors (Lipinski definition) is 1. The molecule has 0 aliphatic rings. The third-order valence-electron chi connectivity index (χ3n) is 0.749. The van der Waals surface area contributed by atoms with E-state index in [0.29, 0.717) is 0 Å². The van der Waals surface area contributed by atoms with E-state index in [1.807, 2.05) is 0 Å². The second-order valence-corrected chi connectivity index (χ2v) is 4.00. The van der Waals surface area contributed by atoms with Crippen LogP contribution in [0.25, 0.3) is 0 Å². The number of rotatable bonds is 1. The fourth-order valence-electron chi connectivity index (χ4n) is 0.410. The van der Waals surface area contributed by atoms with Crippen molar-refractivity contribution in [1.82, 2.24) is 0 Å². The first kappa shape index (κ1) is 10.9. The first-order valence-corrected chi connectivity index (χ1v) is 4.43. The maximum atomic E-state index is 10.3. The fourth-order valence-corrected chi connectivity index (χ4v) is 1.76. The quantitative estimate of drug-likeness (QED) is 0.523. The van der Waals surface area contributed by atoms with Gasteiger partial charge in [0.15, 0.2) is 0 Å². The van der Waals surface area contributed by atoms with Crippen molar-refractivity contribution in [2.45, 2.75) is 4.21 Å². The molecule has 1 aromatic heterocycles. The molecule has 0 aliphatic carbocycles. The molecule has 1 heterocycles. The Morgan fingerprint density at radius 2 is 2.10 bits per heavy atom. The summed E-state index contributed by atoms with van der Waals surface area (Å²) < 4.78 is 28.9. The molecule has 1 N–H and O–H groups in total. The van der Waals surface area contributed by atoms with Crippen LogP contribution in [0.1, 0.15) is 0 Å². The standard InChI is InChI=1S/C4H4O3S2.Ca.2H/c5-9(6,7)4-2-1-3-8-4;;;/h1-3H,(H,5,6,7);;;. The van der Waals surface area contributed by atoms with Gasteiger partial charge in [0.1, 0.15) is 4.21 Å². The average molecular weight is 206 g/mol. The number of hydrogen-bond acceptors (Lipinski definition) is 3. The second kappa shape index (κ2) is 4.04. The van der Waals surface area contributed by atoms with Crippen LogP contribution in [0.5, 0.6) is 0 Å². The van der Waals surface area contributed by atoms with Gasteiger partial charge in [0, 0.05) is 0 Å². The van der Waals surface area contributed by atoms with Crippen LogP contribution in [-0.4, -0.2) is 50.7 Å². The SMILES string of the molecule is O=S(=O)(O)c1cccs1.[CaH2]. The van der Waals surface area contributed by atoms with Gasteiger partial charge in [-0.25, -0.2) is 0 Å². The molecule has 0 amide bonds. The van der Waals surface area contributed by atoms with E-state index in [2.05, 4.69) is 0 Å². The van der Waals surface area contributed by atoms with Crippen molar-refractivity contribution in [2.75, 3.05) is 0 Å². The van der Waals surface area contributed by atoms with Gasteiger partial charge in [-0.15, -0.1) is 11.3 Å². The van der Waals surface area contributed by atoms with Crippen LogP contribution in [0.2, 0.25) is 0 Å². The third kappa shape index (κ3) is 2.86. The molecule has 54 valence electrons. The molecule has 6 heteroatoms. The topological polar surface area (TPSA) is 54.4 Å². The van der Waals surface area contributed by atoms with Gasteiger partial charge in [0.2, 0.25) is 0 Å². The van der Waals surface area contributed by atoms with Gasteiger partial charge >= 0.3 is 47.9 Å². The number of thiophene rings is 1. The van der Waals surface area contributed by atoms with Crippen molar-refractivity contribution in [3.63, 3.8) is 0 Å². The zero-order chi connectivity index (χ0) is 6.91. The third-order valence-corrected chi connectivity index (χ3v) is 2.98. The summed E-state index contributed by atoms with van der Waals surface area (Å²) in [7, 11) is -3.94. The summed E-state index contributed by atoms with van der Waals surface area (Å²) in [4.78, 5) is 0. The Bertz CT molecular complexity index is 275. The molecule has 1 aromatic rings. The Labute approximate surface area is 92.8 Å². The molecule has 0 saturated heterocycles. The molecule has 0 unspecified atom stereocenters. The average Bonchev–Trinajstić information content (AvgIpc) is 2.08. The van der Waals surface area contributed by atoms with Crippen LogP contribution in [0.15, 0.2) is 21.7 Å². The van der Waals surface area contributed by atoms with E-state index in [-0.39, 0.29) is 41.9 Å². The van der Waals surface area contributed by atoms with E-state index in [9.17, 15) is 8.42 Å². The Kier molecular flexibility index (Phi) is 4.39. The minimum absolute atomic E-state index is 0. The first-order valence-electron chi connectivity index (χ1n) is 2.12. The van der Waals surface area contributed by atoms with Gasteiger partial charge < -0.3 is 0 Å². The van der Waals surface area contributed by atoms with Crippen LogP contribution < -0.4 is 0 Å². The molecule has 0 bridgehead atoms. The second-order valence-electron chi connectivity index (χ2n) is 1.41. The van der Waals surface area contributed by atoms with Crippen LogP contribution in [0.4, 0.5) is 0 Å². The van der Waals surface area contributed by atoms with E-state index in [1.165, 1.54) is 6.07 Å². The molecular formula is C4H6CaO3S2. The monoisotopic (exact) mass is 206 g/mol. The molecule has 0 spiro atoms. The first-order chi connectivity index (χ1) is 4.11. The maximum absolute atomic E-state index is 10.3. The van der Waals surface area contributed by atoms with Gasteiger partial charge in [0.05, 0.1) is 0 Å². The van der Waals surface area contributed by atoms with Crippen molar-refractivity contribution < 1.29 is 13.0 Å². The van der Waals surface area contributed by atoms with Crippen molar-refractivity contribution in [3.05, 3.63) is 17.5 Å². The molecular weight excluding hydrogens is 200 g/mol. The van der Waals surface area contributed by atoms with Crippen LogP contribution >= 0.6 is 11.3 Å². The van der Waals surface area contributed by atoms with Crippen molar-refractivity contribution >= 4 is 59.2 Å². The fraction of sp³-hybridized carbons (Fsp3) is 0. The van der Waals surface area contributed by atoms with E-state index >= 15 is 0 Å². The Balaban J connectivity index is 0.000000810. The normalized spacial score (nSPS) is 10.5. The van der Waals surface area contributed by atoms with Gasteiger partial charge in [-0.05, 0) is 11.4 Å². The summed E-state index contributed by atoms with van der Waals surface area (Å²) >= 11 is 0.992. The molecule has 3 nitrogen and oxygen atoms in total. The molecule has 10 heavy (non-hydrogen) atoms. The van der Waals surface area contributed by atoms with Crippen LogP contribution in [0, 0.1) is 0 Å². The Morgan fingerprint density at radius 3 is 2.30 bits per heavy atom. The summed E-state index contributed by atoms with van der Waals surface area (Å²) in [6.45, 7) is 0. The van der Waals surface area contributed by atoms with Gasteiger partial charge in [0.25, 0.3) is 0 Å². The van der Waals surface area contributed by atoms with E-state index < -0.39 is 10.1 Å². The zero-order valence-corrected chi connectivity index (χ0v) is 5.95. The zero-order valence-electron chi connectivity index (χ0n) is 4.31. The van der Waals surface area contributed by atoms with E-state index in [0.717, 1.165) is 11.3 Å². The van der Waals surface area contributed by atoms with Gasteiger partial charge in [-0.1, -0.05) is 6.07 Å². The molecule has 0 atom stereocenters. The van der Waals surface area contributed by atoms with E-state index in [1.54, 1.807) is 11.4 Å². The molecule has 1 rings (SSSR count). The van der Waals surface area contributed by atoms with Crippen molar-refractivity contribution in [1.29, 1.82) is 0 Å². The summed E-state index contributed by atoms with van der Waals surface area (Å²) in [6, 6.07) is 2.91. The molecule has 0 aliphatic heterocycles. The summed E-state index contributed by atoms with van der Waals surface area (Å²) in [5.41, 5.74) is 0. The Morgan fingerprint density at radius 1 is 1.50 bits per heavy atom. The predicted octanol–water partition coefficient (Wildman–Crippen LogP) is 0.0786. The summed E-state index contributed by atoms with van der Waals surface area (Å²) in [5, 5.41) is 1.59. The molecule has 0 fully saturated rings. The van der Waals surface area contributed by atoms with Gasteiger partial charge in [-0.3, -0.25) is 4.55 Å². The molecule has 0 radical (unpaired) electrons. The van der Waals surface area contributed by atoms with Gasteiger partial charge in [-0.2, -0.15) is 8.42 Å². The Hall–Kier alpha value is 0.870. The van der Waals surface area contributed by atoms with Crippen LogP contribution in [-0.2, 0) is 10.1 Å². The summed E-state index contributed by atoms with van der Waals surface area (Å²) in [6.07, 6.45) is 0. The van der Waals surface area contributed by atoms with Crippen LogP contribution in [0.3, 0.4) is 0 Å². The van der Waals surface area contributed by atoms with Crippen molar-refractivity contribution in [2.24, 2.45) is 0 Å². The van der Waals surface area contributed by atoms with Crippen molar-refractivity contribution in [3.8, 4) is 0 Å². The summed E-state index contributed by atoms with van der Waals surface area (Å²) in [5.74, 6) is 0. The molecule has 0 aromatic carbocycles.